The molecule has 22 heavy (non-hydrogen) atoms. The van der Waals surface area contributed by atoms with E-state index in [-0.39, 0.29) is 12.5 Å². The van der Waals surface area contributed by atoms with E-state index in [9.17, 15) is 4.79 Å². The Kier molecular flexibility index (Phi) is 3.92. The van der Waals surface area contributed by atoms with E-state index >= 15 is 0 Å². The number of hydrogen-bond donors (Lipinski definition) is 1. The molecule has 0 fully saturated rings. The van der Waals surface area contributed by atoms with Crippen molar-refractivity contribution in [1.82, 2.24) is 14.9 Å². The van der Waals surface area contributed by atoms with Crippen LogP contribution in [0.1, 0.15) is 12.5 Å². The van der Waals surface area contributed by atoms with Crippen LogP contribution in [-0.2, 0) is 11.3 Å². The highest BCUT2D eigenvalue weighted by molar-refractivity contribution is 5.84. The first-order chi connectivity index (χ1) is 10.7. The predicted molar refractivity (Wildman–Crippen MR) is 88.6 cm³/mol. The normalized spacial score (nSPS) is 10.8. The van der Waals surface area contributed by atoms with Crippen molar-refractivity contribution in [3.8, 4) is 11.4 Å². The molecular weight excluding hydrogens is 274 g/mol. The standard InChI is InChI=1S/C18H19N3O/c1-3-19-17(22)12-21-16-7-5-4-6-15(16)20-18(21)14-10-8-13(2)9-11-14/h4-11H,3,12H2,1-2H3,(H,19,22). The van der Waals surface area contributed by atoms with Crippen molar-refractivity contribution in [2.45, 2.75) is 20.4 Å². The second-order valence-corrected chi connectivity index (χ2v) is 5.33. The molecule has 0 spiro atoms. The number of nitrogens with zero attached hydrogens (tertiary/aromatic N) is 2. The fourth-order valence-corrected chi connectivity index (χ4v) is 2.56. The Morgan fingerprint density at radius 2 is 1.86 bits per heavy atom. The van der Waals surface area contributed by atoms with E-state index in [1.165, 1.54) is 5.56 Å². The molecule has 0 aliphatic heterocycles. The number of imidazole rings is 1. The van der Waals surface area contributed by atoms with E-state index in [0.29, 0.717) is 6.54 Å². The monoisotopic (exact) mass is 293 g/mol. The second kappa shape index (κ2) is 6.02. The van der Waals surface area contributed by atoms with Crippen LogP contribution in [0.4, 0.5) is 0 Å². The first-order valence-corrected chi connectivity index (χ1v) is 7.48. The maximum atomic E-state index is 12.0. The summed E-state index contributed by atoms with van der Waals surface area (Å²) in [6.07, 6.45) is 0. The number of aromatic nitrogens is 2. The van der Waals surface area contributed by atoms with Gasteiger partial charge >= 0.3 is 0 Å². The van der Waals surface area contributed by atoms with Gasteiger partial charge in [0.25, 0.3) is 0 Å². The lowest BCUT2D eigenvalue weighted by molar-refractivity contribution is -0.121. The lowest BCUT2D eigenvalue weighted by Crippen LogP contribution is -2.27. The summed E-state index contributed by atoms with van der Waals surface area (Å²) < 4.78 is 1.98. The highest BCUT2D eigenvalue weighted by atomic mass is 16.1. The molecule has 112 valence electrons. The minimum atomic E-state index is -0.000912. The quantitative estimate of drug-likeness (QED) is 0.803. The van der Waals surface area contributed by atoms with Gasteiger partial charge in [-0.3, -0.25) is 4.79 Å². The molecule has 0 bridgehead atoms. The smallest absolute Gasteiger partial charge is 0.240 e. The largest absolute Gasteiger partial charge is 0.355 e. The third-order valence-corrected chi connectivity index (χ3v) is 3.64. The third kappa shape index (κ3) is 2.72. The summed E-state index contributed by atoms with van der Waals surface area (Å²) in [5.74, 6) is 0.825. The minimum Gasteiger partial charge on any atom is -0.355 e. The van der Waals surface area contributed by atoms with Crippen LogP contribution in [0.2, 0.25) is 0 Å². The molecule has 1 aromatic heterocycles. The summed E-state index contributed by atoms with van der Waals surface area (Å²) in [4.78, 5) is 16.7. The predicted octanol–water partition coefficient (Wildman–Crippen LogP) is 3.15. The number of carbonyl (C=O) groups is 1. The molecule has 0 atom stereocenters. The number of fused-ring (bicyclic) bond motifs is 1. The van der Waals surface area contributed by atoms with Crippen LogP contribution in [0.3, 0.4) is 0 Å². The van der Waals surface area contributed by atoms with Crippen LogP contribution in [-0.4, -0.2) is 22.0 Å². The van der Waals surface area contributed by atoms with E-state index in [0.717, 1.165) is 22.4 Å². The summed E-state index contributed by atoms with van der Waals surface area (Å²) in [5, 5.41) is 2.85. The van der Waals surface area contributed by atoms with E-state index in [1.54, 1.807) is 0 Å². The molecule has 0 aliphatic rings. The fourth-order valence-electron chi connectivity index (χ4n) is 2.56. The van der Waals surface area contributed by atoms with Gasteiger partial charge in [-0.25, -0.2) is 4.98 Å². The number of nitrogens with one attached hydrogen (secondary N) is 1. The Bertz CT molecular complexity index is 803. The Hall–Kier alpha value is -2.62. The van der Waals surface area contributed by atoms with Crippen molar-refractivity contribution in [3.63, 3.8) is 0 Å². The molecule has 0 saturated heterocycles. The van der Waals surface area contributed by atoms with Crippen LogP contribution in [0, 0.1) is 6.92 Å². The zero-order valence-corrected chi connectivity index (χ0v) is 12.8. The average molecular weight is 293 g/mol. The highest BCUT2D eigenvalue weighted by Crippen LogP contribution is 2.25. The van der Waals surface area contributed by atoms with Crippen molar-refractivity contribution in [3.05, 3.63) is 54.1 Å². The average Bonchev–Trinajstić information content (AvgIpc) is 2.87. The summed E-state index contributed by atoms with van der Waals surface area (Å²) in [6, 6.07) is 16.1. The SMILES string of the molecule is CCNC(=O)Cn1c(-c2ccc(C)cc2)nc2ccccc21. The number of hydrogen-bond acceptors (Lipinski definition) is 2. The zero-order chi connectivity index (χ0) is 15.5. The summed E-state index contributed by atoms with van der Waals surface area (Å²) in [5.41, 5.74) is 4.10. The fraction of sp³-hybridized carbons (Fsp3) is 0.222. The number of para-hydroxylation sites is 2. The van der Waals surface area contributed by atoms with Crippen LogP contribution in [0.25, 0.3) is 22.4 Å². The van der Waals surface area contributed by atoms with Crippen molar-refractivity contribution in [2.75, 3.05) is 6.54 Å². The number of amides is 1. The Morgan fingerprint density at radius 3 is 2.59 bits per heavy atom. The highest BCUT2D eigenvalue weighted by Gasteiger charge is 2.14. The summed E-state index contributed by atoms with van der Waals surface area (Å²) in [7, 11) is 0. The molecule has 1 heterocycles. The second-order valence-electron chi connectivity index (χ2n) is 5.33. The number of aryl methyl sites for hydroxylation is 1. The van der Waals surface area contributed by atoms with Gasteiger partial charge in [-0.1, -0.05) is 42.0 Å². The van der Waals surface area contributed by atoms with Gasteiger partial charge in [0.2, 0.25) is 5.91 Å². The first-order valence-electron chi connectivity index (χ1n) is 7.48. The van der Waals surface area contributed by atoms with Gasteiger partial charge in [0, 0.05) is 12.1 Å². The van der Waals surface area contributed by atoms with E-state index in [4.69, 9.17) is 4.98 Å². The zero-order valence-electron chi connectivity index (χ0n) is 12.8. The molecule has 0 aliphatic carbocycles. The van der Waals surface area contributed by atoms with Gasteiger partial charge in [-0.2, -0.15) is 0 Å². The number of benzene rings is 2. The van der Waals surface area contributed by atoms with Gasteiger partial charge in [-0.15, -0.1) is 0 Å². The topological polar surface area (TPSA) is 46.9 Å². The van der Waals surface area contributed by atoms with Gasteiger partial charge < -0.3 is 9.88 Å². The lowest BCUT2D eigenvalue weighted by Gasteiger charge is -2.09. The van der Waals surface area contributed by atoms with E-state index in [1.807, 2.05) is 47.9 Å². The minimum absolute atomic E-state index is 0.000912. The van der Waals surface area contributed by atoms with Crippen LogP contribution in [0.15, 0.2) is 48.5 Å². The molecule has 1 amide bonds. The molecule has 4 nitrogen and oxygen atoms in total. The van der Waals surface area contributed by atoms with Crippen LogP contribution < -0.4 is 5.32 Å². The molecule has 3 aromatic rings. The van der Waals surface area contributed by atoms with Crippen LogP contribution >= 0.6 is 0 Å². The molecule has 1 N–H and O–H groups in total. The Balaban J connectivity index is 2.11. The third-order valence-electron chi connectivity index (χ3n) is 3.64. The maximum absolute atomic E-state index is 12.0. The molecule has 4 heteroatoms. The molecule has 0 unspecified atom stereocenters. The molecular formula is C18H19N3O. The Morgan fingerprint density at radius 1 is 1.14 bits per heavy atom. The van der Waals surface area contributed by atoms with Crippen molar-refractivity contribution in [1.29, 1.82) is 0 Å². The molecule has 0 saturated carbocycles. The number of likely N-dealkylation sites (N-methyl/N-ethyl adjacent to an activating group) is 1. The molecule has 0 radical (unpaired) electrons. The molecule has 2 aromatic carbocycles. The van der Waals surface area contributed by atoms with Crippen molar-refractivity contribution in [2.24, 2.45) is 0 Å². The van der Waals surface area contributed by atoms with E-state index in [2.05, 4.69) is 24.4 Å². The summed E-state index contributed by atoms with van der Waals surface area (Å²) >= 11 is 0. The first kappa shape index (κ1) is 14.3. The Labute approximate surface area is 129 Å². The molecule has 3 rings (SSSR count). The van der Waals surface area contributed by atoms with Crippen LogP contribution in [0.5, 0.6) is 0 Å². The van der Waals surface area contributed by atoms with Gasteiger partial charge in [0.05, 0.1) is 11.0 Å². The van der Waals surface area contributed by atoms with Gasteiger partial charge in [-0.05, 0) is 26.0 Å². The summed E-state index contributed by atoms with van der Waals surface area (Å²) in [6.45, 7) is 4.88. The lowest BCUT2D eigenvalue weighted by atomic mass is 10.1. The number of rotatable bonds is 4. The van der Waals surface area contributed by atoms with Gasteiger partial charge in [0.1, 0.15) is 12.4 Å². The van der Waals surface area contributed by atoms with Crippen molar-refractivity contribution < 1.29 is 4.79 Å². The van der Waals surface area contributed by atoms with E-state index < -0.39 is 0 Å². The van der Waals surface area contributed by atoms with Gasteiger partial charge in [0.15, 0.2) is 0 Å². The van der Waals surface area contributed by atoms with Crippen molar-refractivity contribution >= 4 is 16.9 Å². The number of carbonyl (C=O) groups excluding carboxylic acids is 1. The maximum Gasteiger partial charge on any atom is 0.240 e.